The molecule has 1 fully saturated rings. The standard InChI is InChI=1S/C23H25N3O3S/c1-28-20-10-6-9-18(21(20)29-2)23-25-19(15-30-23)22(27)24-17-11-12-26(14-17)13-16-7-4-3-5-8-16/h3-10,15,17H,11-14H2,1-2H3,(H,24,27). The number of rotatable bonds is 7. The summed E-state index contributed by atoms with van der Waals surface area (Å²) < 4.78 is 10.9. The van der Waals surface area contributed by atoms with Gasteiger partial charge in [-0.3, -0.25) is 9.69 Å². The van der Waals surface area contributed by atoms with Gasteiger partial charge >= 0.3 is 0 Å². The van der Waals surface area contributed by atoms with Gasteiger partial charge in [0.2, 0.25) is 0 Å². The Balaban J connectivity index is 1.39. The van der Waals surface area contributed by atoms with Crippen LogP contribution >= 0.6 is 11.3 Å². The normalized spacial score (nSPS) is 16.4. The average Bonchev–Trinajstić information content (AvgIpc) is 3.43. The Morgan fingerprint density at radius 3 is 2.77 bits per heavy atom. The number of likely N-dealkylation sites (tertiary alicyclic amines) is 1. The number of hydrogen-bond acceptors (Lipinski definition) is 6. The van der Waals surface area contributed by atoms with Crippen molar-refractivity contribution in [3.05, 3.63) is 65.2 Å². The van der Waals surface area contributed by atoms with Gasteiger partial charge in [0.05, 0.1) is 19.8 Å². The van der Waals surface area contributed by atoms with E-state index in [0.29, 0.717) is 17.2 Å². The molecule has 3 aromatic rings. The van der Waals surface area contributed by atoms with E-state index >= 15 is 0 Å². The highest BCUT2D eigenvalue weighted by Crippen LogP contribution is 2.38. The van der Waals surface area contributed by atoms with Crippen LogP contribution in [0.25, 0.3) is 10.6 Å². The number of methoxy groups -OCH3 is 2. The molecule has 0 spiro atoms. The van der Waals surface area contributed by atoms with Gasteiger partial charge in [-0.05, 0) is 24.1 Å². The highest BCUT2D eigenvalue weighted by atomic mass is 32.1. The second-order valence-corrected chi connectivity index (χ2v) is 8.12. The first-order valence-electron chi connectivity index (χ1n) is 9.92. The second kappa shape index (κ2) is 9.28. The molecule has 0 bridgehead atoms. The van der Waals surface area contributed by atoms with Crippen molar-refractivity contribution >= 4 is 17.2 Å². The summed E-state index contributed by atoms with van der Waals surface area (Å²) >= 11 is 1.42. The zero-order valence-corrected chi connectivity index (χ0v) is 17.9. The third-order valence-electron chi connectivity index (χ3n) is 5.23. The third-order valence-corrected chi connectivity index (χ3v) is 6.10. The van der Waals surface area contributed by atoms with Crippen LogP contribution in [0.1, 0.15) is 22.5 Å². The van der Waals surface area contributed by atoms with Crippen LogP contribution in [-0.4, -0.2) is 49.1 Å². The Morgan fingerprint density at radius 1 is 1.17 bits per heavy atom. The summed E-state index contributed by atoms with van der Waals surface area (Å²) in [6.45, 7) is 2.73. The fourth-order valence-corrected chi connectivity index (χ4v) is 4.57. The smallest absolute Gasteiger partial charge is 0.271 e. The summed E-state index contributed by atoms with van der Waals surface area (Å²) in [5, 5.41) is 5.66. The first-order chi connectivity index (χ1) is 14.7. The molecule has 1 aliphatic rings. The monoisotopic (exact) mass is 423 g/mol. The van der Waals surface area contributed by atoms with Crippen molar-refractivity contribution in [2.75, 3.05) is 27.3 Å². The Bertz CT molecular complexity index is 1010. The fourth-order valence-electron chi connectivity index (χ4n) is 3.75. The lowest BCUT2D eigenvalue weighted by atomic mass is 10.2. The van der Waals surface area contributed by atoms with Crippen LogP contribution in [0.3, 0.4) is 0 Å². The van der Waals surface area contributed by atoms with Gasteiger partial charge in [-0.25, -0.2) is 4.98 Å². The molecule has 1 amide bonds. The van der Waals surface area contributed by atoms with E-state index in [9.17, 15) is 4.79 Å². The van der Waals surface area contributed by atoms with Crippen LogP contribution in [0, 0.1) is 0 Å². The highest BCUT2D eigenvalue weighted by Gasteiger charge is 2.25. The molecule has 0 saturated carbocycles. The first kappa shape index (κ1) is 20.4. The number of thiazole rings is 1. The van der Waals surface area contributed by atoms with E-state index in [1.807, 2.05) is 24.3 Å². The number of benzene rings is 2. The van der Waals surface area contributed by atoms with Crippen LogP contribution in [0.4, 0.5) is 0 Å². The number of hydrogen-bond donors (Lipinski definition) is 1. The maximum absolute atomic E-state index is 12.7. The number of carbonyl (C=O) groups excluding carboxylic acids is 1. The molecule has 156 valence electrons. The van der Waals surface area contributed by atoms with Gasteiger partial charge in [-0.15, -0.1) is 11.3 Å². The number of para-hydroxylation sites is 1. The number of nitrogens with one attached hydrogen (secondary N) is 1. The van der Waals surface area contributed by atoms with E-state index in [1.165, 1.54) is 16.9 Å². The van der Waals surface area contributed by atoms with E-state index in [4.69, 9.17) is 9.47 Å². The quantitative estimate of drug-likeness (QED) is 0.626. The summed E-state index contributed by atoms with van der Waals surface area (Å²) in [4.78, 5) is 19.7. The Kier molecular flexibility index (Phi) is 6.30. The molecule has 1 N–H and O–H groups in total. The van der Waals surface area contributed by atoms with Gasteiger partial charge in [0.15, 0.2) is 11.5 Å². The fraction of sp³-hybridized carbons (Fsp3) is 0.304. The van der Waals surface area contributed by atoms with E-state index in [1.54, 1.807) is 19.6 Å². The van der Waals surface area contributed by atoms with Crippen LogP contribution in [0.5, 0.6) is 11.5 Å². The van der Waals surface area contributed by atoms with Gasteiger partial charge < -0.3 is 14.8 Å². The maximum atomic E-state index is 12.7. The number of aromatic nitrogens is 1. The minimum absolute atomic E-state index is 0.133. The van der Waals surface area contributed by atoms with E-state index in [2.05, 4.69) is 39.5 Å². The SMILES string of the molecule is COc1cccc(-c2nc(C(=O)NC3CCN(Cc4ccccc4)C3)cs2)c1OC. The molecule has 0 radical (unpaired) electrons. The minimum atomic E-state index is -0.133. The Labute approximate surface area is 180 Å². The van der Waals surface area contributed by atoms with Crippen LogP contribution in [-0.2, 0) is 6.54 Å². The number of nitrogens with zero attached hydrogens (tertiary/aromatic N) is 2. The van der Waals surface area contributed by atoms with Gasteiger partial charge in [-0.1, -0.05) is 36.4 Å². The van der Waals surface area contributed by atoms with Gasteiger partial charge in [0.1, 0.15) is 10.7 Å². The predicted octanol–water partition coefficient (Wildman–Crippen LogP) is 3.83. The molecule has 1 atom stereocenters. The first-order valence-corrected chi connectivity index (χ1v) is 10.8. The molecule has 7 heteroatoms. The lowest BCUT2D eigenvalue weighted by Gasteiger charge is -2.16. The van der Waals surface area contributed by atoms with Crippen molar-refractivity contribution in [3.8, 4) is 22.1 Å². The van der Waals surface area contributed by atoms with Crippen molar-refractivity contribution in [1.29, 1.82) is 0 Å². The molecule has 6 nitrogen and oxygen atoms in total. The molecule has 2 heterocycles. The van der Waals surface area contributed by atoms with Crippen molar-refractivity contribution < 1.29 is 14.3 Å². The molecule has 2 aromatic carbocycles. The van der Waals surface area contributed by atoms with Gasteiger partial charge in [-0.2, -0.15) is 0 Å². The molecule has 1 aliphatic heterocycles. The molecule has 1 unspecified atom stereocenters. The van der Waals surface area contributed by atoms with E-state index in [0.717, 1.165) is 36.6 Å². The molecule has 1 saturated heterocycles. The summed E-state index contributed by atoms with van der Waals surface area (Å²) in [5.41, 5.74) is 2.54. The molecule has 0 aliphatic carbocycles. The van der Waals surface area contributed by atoms with Crippen LogP contribution in [0.15, 0.2) is 53.9 Å². The van der Waals surface area contributed by atoms with Gasteiger partial charge in [0.25, 0.3) is 5.91 Å². The van der Waals surface area contributed by atoms with Crippen molar-refractivity contribution in [2.45, 2.75) is 19.0 Å². The topological polar surface area (TPSA) is 63.7 Å². The molecule has 4 rings (SSSR count). The van der Waals surface area contributed by atoms with Crippen molar-refractivity contribution in [3.63, 3.8) is 0 Å². The van der Waals surface area contributed by atoms with Crippen molar-refractivity contribution in [2.24, 2.45) is 0 Å². The summed E-state index contributed by atoms with van der Waals surface area (Å²) in [7, 11) is 3.20. The summed E-state index contributed by atoms with van der Waals surface area (Å²) in [5.74, 6) is 1.13. The average molecular weight is 424 g/mol. The number of carbonyl (C=O) groups is 1. The lowest BCUT2D eigenvalue weighted by molar-refractivity contribution is 0.0933. The third kappa shape index (κ3) is 4.47. The molecule has 1 aromatic heterocycles. The zero-order valence-electron chi connectivity index (χ0n) is 17.1. The van der Waals surface area contributed by atoms with Crippen molar-refractivity contribution in [1.82, 2.24) is 15.2 Å². The highest BCUT2D eigenvalue weighted by molar-refractivity contribution is 7.13. The van der Waals surface area contributed by atoms with Crippen LogP contribution < -0.4 is 14.8 Å². The molecule has 30 heavy (non-hydrogen) atoms. The van der Waals surface area contributed by atoms with E-state index in [-0.39, 0.29) is 11.9 Å². The summed E-state index contributed by atoms with van der Waals surface area (Å²) in [6, 6.07) is 16.2. The summed E-state index contributed by atoms with van der Waals surface area (Å²) in [6.07, 6.45) is 0.944. The molecular formula is C23H25N3O3S. The van der Waals surface area contributed by atoms with Crippen LogP contribution in [0.2, 0.25) is 0 Å². The number of amides is 1. The lowest BCUT2D eigenvalue weighted by Crippen LogP contribution is -2.37. The maximum Gasteiger partial charge on any atom is 0.271 e. The second-order valence-electron chi connectivity index (χ2n) is 7.26. The number of ether oxygens (including phenoxy) is 2. The molecular weight excluding hydrogens is 398 g/mol. The van der Waals surface area contributed by atoms with Gasteiger partial charge in [0, 0.05) is 31.1 Å². The van der Waals surface area contributed by atoms with E-state index < -0.39 is 0 Å². The Hall–Kier alpha value is -2.90. The minimum Gasteiger partial charge on any atom is -0.493 e. The Morgan fingerprint density at radius 2 is 2.00 bits per heavy atom. The zero-order chi connectivity index (χ0) is 20.9. The predicted molar refractivity (Wildman–Crippen MR) is 118 cm³/mol. The largest absolute Gasteiger partial charge is 0.493 e.